The van der Waals surface area contributed by atoms with Gasteiger partial charge in [-0.2, -0.15) is 11.3 Å². The highest BCUT2D eigenvalue weighted by atomic mass is 35.5. The molecule has 4 aromatic rings. The molecule has 0 saturated heterocycles. The molecule has 5 nitrogen and oxygen atoms in total. The van der Waals surface area contributed by atoms with E-state index in [9.17, 15) is 9.90 Å². The Balaban J connectivity index is 1.54. The van der Waals surface area contributed by atoms with Crippen molar-refractivity contribution in [3.63, 3.8) is 0 Å². The maximum atomic E-state index is 13.4. The molecule has 1 aliphatic heterocycles. The summed E-state index contributed by atoms with van der Waals surface area (Å²) in [6.45, 7) is 1.35. The van der Waals surface area contributed by atoms with Crippen molar-refractivity contribution in [2.75, 3.05) is 13.2 Å². The molecule has 0 saturated carbocycles. The zero-order valence-electron chi connectivity index (χ0n) is 17.5. The van der Waals surface area contributed by atoms with Crippen molar-refractivity contribution in [1.82, 2.24) is 9.78 Å². The number of H-pyrrole nitrogens is 1. The summed E-state index contributed by atoms with van der Waals surface area (Å²) in [6.07, 6.45) is 2.98. The number of nitrogens with one attached hydrogen (secondary N) is 1. The second-order valence-electron chi connectivity index (χ2n) is 7.61. The number of nitrogens with zero attached hydrogens (tertiary/aromatic N) is 1. The summed E-state index contributed by atoms with van der Waals surface area (Å²) >= 11 is 8.90. The van der Waals surface area contributed by atoms with Crippen LogP contribution < -0.4 is 10.7 Å². The van der Waals surface area contributed by atoms with Gasteiger partial charge >= 0.3 is 0 Å². The SMILES string of the molecule is O=c1[nH]n(C(c2ccc(C3=CCOCC3)cc2)c2ccsc2)c([O-])c1Sc1ccccc1Cl. The molecule has 0 fully saturated rings. The summed E-state index contributed by atoms with van der Waals surface area (Å²) in [7, 11) is 0. The third kappa shape index (κ3) is 4.54. The molecule has 2 aromatic carbocycles. The van der Waals surface area contributed by atoms with Gasteiger partial charge < -0.3 is 9.84 Å². The molecule has 2 aromatic heterocycles. The Kier molecular flexibility index (Phi) is 6.46. The third-order valence-electron chi connectivity index (χ3n) is 5.57. The second-order valence-corrected chi connectivity index (χ2v) is 9.85. The highest BCUT2D eigenvalue weighted by Gasteiger charge is 2.22. The van der Waals surface area contributed by atoms with Crippen LogP contribution in [0, 0.1) is 0 Å². The topological polar surface area (TPSA) is 70.1 Å². The maximum absolute atomic E-state index is 13.4. The molecule has 0 bridgehead atoms. The third-order valence-corrected chi connectivity index (χ3v) is 7.85. The van der Waals surface area contributed by atoms with Crippen LogP contribution in [0.1, 0.15) is 29.2 Å². The Morgan fingerprint density at radius 3 is 2.64 bits per heavy atom. The number of ether oxygens (including phenoxy) is 1. The van der Waals surface area contributed by atoms with Gasteiger partial charge in [0.25, 0.3) is 5.56 Å². The van der Waals surface area contributed by atoms with E-state index in [1.165, 1.54) is 10.3 Å². The zero-order chi connectivity index (χ0) is 22.8. The van der Waals surface area contributed by atoms with Gasteiger partial charge in [0.05, 0.1) is 29.2 Å². The molecule has 1 N–H and O–H groups in total. The Morgan fingerprint density at radius 2 is 1.94 bits per heavy atom. The number of rotatable bonds is 6. The first kappa shape index (κ1) is 22.1. The minimum Gasteiger partial charge on any atom is -0.858 e. The van der Waals surface area contributed by atoms with Crippen molar-refractivity contribution in [3.8, 4) is 5.88 Å². The molecular weight excluding hydrogens is 476 g/mol. The standard InChI is InChI=1S/C25H21ClN2O3S2/c26-20-3-1-2-4-21(20)33-23-24(29)27-28(25(23)30)22(19-11-14-32-15-19)18-7-5-16(6-8-18)17-9-12-31-13-10-17/h1-9,11,14-15,22,30H,10,12-13H2,(H,27,29)/p-1. The lowest BCUT2D eigenvalue weighted by atomic mass is 9.96. The molecule has 168 valence electrons. The zero-order valence-corrected chi connectivity index (χ0v) is 19.9. The largest absolute Gasteiger partial charge is 0.858 e. The van der Waals surface area contributed by atoms with Crippen LogP contribution >= 0.6 is 34.7 Å². The average molecular weight is 496 g/mol. The van der Waals surface area contributed by atoms with Crippen LogP contribution in [0.25, 0.3) is 5.57 Å². The highest BCUT2D eigenvalue weighted by Crippen LogP contribution is 2.38. The molecule has 8 heteroatoms. The van der Waals surface area contributed by atoms with Crippen molar-refractivity contribution in [1.29, 1.82) is 0 Å². The van der Waals surface area contributed by atoms with Gasteiger partial charge in [0.15, 0.2) is 0 Å². The first-order chi connectivity index (χ1) is 16.1. The van der Waals surface area contributed by atoms with Gasteiger partial charge in [0.2, 0.25) is 0 Å². The highest BCUT2D eigenvalue weighted by molar-refractivity contribution is 7.99. The fourth-order valence-corrected chi connectivity index (χ4v) is 5.70. The van der Waals surface area contributed by atoms with Gasteiger partial charge in [-0.3, -0.25) is 14.6 Å². The van der Waals surface area contributed by atoms with Crippen molar-refractivity contribution in [2.24, 2.45) is 0 Å². The van der Waals surface area contributed by atoms with Crippen LogP contribution in [-0.4, -0.2) is 23.0 Å². The van der Waals surface area contributed by atoms with E-state index in [-0.39, 0.29) is 10.8 Å². The van der Waals surface area contributed by atoms with E-state index in [1.807, 2.05) is 41.1 Å². The van der Waals surface area contributed by atoms with E-state index in [2.05, 4.69) is 23.3 Å². The van der Waals surface area contributed by atoms with Crippen LogP contribution in [0.3, 0.4) is 0 Å². The Labute approximate surface area is 204 Å². The quantitative estimate of drug-likeness (QED) is 0.380. The smallest absolute Gasteiger partial charge is 0.277 e. The minimum absolute atomic E-state index is 0.104. The lowest BCUT2D eigenvalue weighted by Crippen LogP contribution is -2.17. The molecule has 1 unspecified atom stereocenters. The normalized spacial score (nSPS) is 14.8. The van der Waals surface area contributed by atoms with Gasteiger partial charge in [0.1, 0.15) is 0 Å². The summed E-state index contributed by atoms with van der Waals surface area (Å²) in [4.78, 5) is 13.6. The van der Waals surface area contributed by atoms with E-state index < -0.39 is 11.6 Å². The van der Waals surface area contributed by atoms with E-state index in [0.29, 0.717) is 16.5 Å². The number of hydrogen-bond acceptors (Lipinski definition) is 5. The number of aromatic nitrogens is 2. The first-order valence-corrected chi connectivity index (χ1v) is 12.6. The van der Waals surface area contributed by atoms with Crippen LogP contribution in [0.15, 0.2) is 86.0 Å². The molecule has 5 rings (SSSR count). The summed E-state index contributed by atoms with van der Waals surface area (Å²) in [5.74, 6) is -0.364. The minimum atomic E-state index is -0.435. The molecule has 1 aliphatic rings. The van der Waals surface area contributed by atoms with Gasteiger partial charge in [-0.15, -0.1) is 0 Å². The predicted octanol–water partition coefficient (Wildman–Crippen LogP) is 5.56. The summed E-state index contributed by atoms with van der Waals surface area (Å²) in [5, 5.41) is 20.6. The molecule has 0 spiro atoms. The first-order valence-electron chi connectivity index (χ1n) is 10.4. The van der Waals surface area contributed by atoms with E-state index >= 15 is 0 Å². The molecule has 0 amide bonds. The van der Waals surface area contributed by atoms with E-state index in [4.69, 9.17) is 16.3 Å². The van der Waals surface area contributed by atoms with Crippen molar-refractivity contribution >= 4 is 40.3 Å². The Morgan fingerprint density at radius 1 is 1.12 bits per heavy atom. The molecule has 1 atom stereocenters. The summed E-state index contributed by atoms with van der Waals surface area (Å²) < 4.78 is 6.83. The number of thiophene rings is 1. The fourth-order valence-electron chi connectivity index (χ4n) is 3.92. The monoisotopic (exact) mass is 495 g/mol. The fraction of sp³-hybridized carbons (Fsp3) is 0.160. The molecular formula is C25H20ClN2O3S2-. The van der Waals surface area contributed by atoms with Crippen LogP contribution in [0.4, 0.5) is 0 Å². The van der Waals surface area contributed by atoms with Gasteiger partial charge in [-0.05, 0) is 57.6 Å². The van der Waals surface area contributed by atoms with Gasteiger partial charge in [0, 0.05) is 10.8 Å². The Hall–Kier alpha value is -2.71. The van der Waals surface area contributed by atoms with Crippen molar-refractivity contribution in [3.05, 3.63) is 104 Å². The number of halogens is 1. The predicted molar refractivity (Wildman–Crippen MR) is 131 cm³/mol. The van der Waals surface area contributed by atoms with Crippen molar-refractivity contribution < 1.29 is 9.84 Å². The molecule has 33 heavy (non-hydrogen) atoms. The molecule has 0 aliphatic carbocycles. The number of aromatic amines is 1. The second kappa shape index (κ2) is 9.65. The van der Waals surface area contributed by atoms with Crippen molar-refractivity contribution in [2.45, 2.75) is 22.3 Å². The number of benzene rings is 2. The van der Waals surface area contributed by atoms with E-state index in [0.717, 1.165) is 41.5 Å². The maximum Gasteiger partial charge on any atom is 0.277 e. The van der Waals surface area contributed by atoms with Crippen LogP contribution in [0.2, 0.25) is 5.02 Å². The Bertz CT molecular complexity index is 1340. The van der Waals surface area contributed by atoms with E-state index in [1.54, 1.807) is 23.5 Å². The average Bonchev–Trinajstić information content (AvgIpc) is 3.46. The summed E-state index contributed by atoms with van der Waals surface area (Å²) in [6, 6.07) is 16.9. The lowest BCUT2D eigenvalue weighted by Gasteiger charge is -2.24. The number of hydrogen-bond donors (Lipinski definition) is 1. The molecule has 0 radical (unpaired) electrons. The molecule has 3 heterocycles. The van der Waals surface area contributed by atoms with Gasteiger partial charge in [-0.1, -0.05) is 65.8 Å². The summed E-state index contributed by atoms with van der Waals surface area (Å²) in [5.41, 5.74) is 3.84. The lowest BCUT2D eigenvalue weighted by molar-refractivity contribution is -0.284. The van der Waals surface area contributed by atoms with Gasteiger partial charge in [-0.25, -0.2) is 0 Å². The van der Waals surface area contributed by atoms with Crippen LogP contribution in [0.5, 0.6) is 5.88 Å². The van der Waals surface area contributed by atoms with Crippen LogP contribution in [-0.2, 0) is 4.74 Å².